The van der Waals surface area contributed by atoms with E-state index >= 15 is 0 Å². The maximum absolute atomic E-state index is 13.8. The van der Waals surface area contributed by atoms with Gasteiger partial charge in [0.2, 0.25) is 5.28 Å². The van der Waals surface area contributed by atoms with Crippen LogP contribution in [-0.2, 0) is 13.0 Å². The first kappa shape index (κ1) is 17.6. The molecule has 2 heterocycles. The Morgan fingerprint density at radius 3 is 2.77 bits per heavy atom. The molecule has 0 radical (unpaired) electrons. The summed E-state index contributed by atoms with van der Waals surface area (Å²) in [5, 5.41) is 8.02. The van der Waals surface area contributed by atoms with Gasteiger partial charge in [-0.25, -0.2) is 8.91 Å². The number of hydrogen-bond donors (Lipinski definition) is 1. The number of hydrogen-bond acceptors (Lipinski definition) is 3. The summed E-state index contributed by atoms with van der Waals surface area (Å²) in [6.45, 7) is 0.301. The summed E-state index contributed by atoms with van der Waals surface area (Å²) in [6.07, 6.45) is 5.98. The fourth-order valence-corrected chi connectivity index (χ4v) is 3.60. The number of anilines is 1. The lowest BCUT2D eigenvalue weighted by Gasteiger charge is -2.08. The second kappa shape index (κ2) is 7.41. The molecule has 1 aliphatic rings. The van der Waals surface area contributed by atoms with E-state index in [1.165, 1.54) is 25.3 Å². The van der Waals surface area contributed by atoms with Crippen molar-refractivity contribution in [2.45, 2.75) is 38.6 Å². The van der Waals surface area contributed by atoms with Gasteiger partial charge in [-0.05, 0) is 48.1 Å². The lowest BCUT2D eigenvalue weighted by atomic mass is 10.1. The average molecular weight is 393 g/mol. The Balaban J connectivity index is 1.58. The molecule has 1 saturated carbocycles. The molecule has 2 aromatic heterocycles. The second-order valence-electron chi connectivity index (χ2n) is 6.77. The van der Waals surface area contributed by atoms with Gasteiger partial charge in [0.15, 0.2) is 5.82 Å². The maximum atomic E-state index is 13.8. The van der Waals surface area contributed by atoms with Crippen LogP contribution in [0.4, 0.5) is 10.2 Å². The van der Waals surface area contributed by atoms with Crippen molar-refractivity contribution in [1.29, 1.82) is 0 Å². The van der Waals surface area contributed by atoms with Gasteiger partial charge in [0, 0.05) is 12.1 Å². The standard InChI is InChI=1S/C19H19Cl2FN4/c20-17-13(6-3-4-12-8-9-12)10-16-18(24-19(21)25-26(16)17)23-11-14-5-1-2-7-15(14)22/h1-2,5,7,10,12H,3-4,6,8-9,11H2,(H,23,24,25). The van der Waals surface area contributed by atoms with E-state index in [2.05, 4.69) is 15.4 Å². The average Bonchev–Trinajstić information content (AvgIpc) is 3.39. The fraction of sp³-hybridized carbons (Fsp3) is 0.368. The third kappa shape index (κ3) is 3.79. The van der Waals surface area contributed by atoms with E-state index in [1.807, 2.05) is 6.07 Å². The first-order valence-electron chi connectivity index (χ1n) is 8.83. The van der Waals surface area contributed by atoms with Crippen LogP contribution in [0.3, 0.4) is 0 Å². The minimum atomic E-state index is -0.259. The van der Waals surface area contributed by atoms with Crippen LogP contribution in [0, 0.1) is 11.7 Å². The first-order chi connectivity index (χ1) is 12.6. The summed E-state index contributed by atoms with van der Waals surface area (Å²) < 4.78 is 15.4. The predicted molar refractivity (Wildman–Crippen MR) is 102 cm³/mol. The van der Waals surface area contributed by atoms with E-state index in [0.717, 1.165) is 29.8 Å². The molecular formula is C19H19Cl2FN4. The van der Waals surface area contributed by atoms with Gasteiger partial charge in [-0.3, -0.25) is 0 Å². The van der Waals surface area contributed by atoms with Gasteiger partial charge in [-0.2, -0.15) is 4.98 Å². The van der Waals surface area contributed by atoms with Gasteiger partial charge in [0.25, 0.3) is 0 Å². The molecule has 7 heteroatoms. The first-order valence-corrected chi connectivity index (χ1v) is 9.58. The largest absolute Gasteiger partial charge is 0.364 e. The molecule has 3 aromatic rings. The van der Waals surface area contributed by atoms with Crippen LogP contribution in [0.15, 0.2) is 30.3 Å². The molecule has 0 bridgehead atoms. The predicted octanol–water partition coefficient (Wildman–Crippen LogP) is 5.52. The Morgan fingerprint density at radius 2 is 2.00 bits per heavy atom. The summed E-state index contributed by atoms with van der Waals surface area (Å²) in [7, 11) is 0. The highest BCUT2D eigenvalue weighted by Crippen LogP contribution is 2.35. The van der Waals surface area contributed by atoms with Crippen LogP contribution in [0.1, 0.15) is 36.8 Å². The minimum absolute atomic E-state index is 0.0931. The molecule has 0 unspecified atom stereocenters. The normalized spacial score (nSPS) is 14.1. The van der Waals surface area contributed by atoms with Crippen molar-refractivity contribution in [3.63, 3.8) is 0 Å². The van der Waals surface area contributed by atoms with Crippen LogP contribution in [-0.4, -0.2) is 14.6 Å². The van der Waals surface area contributed by atoms with Crippen LogP contribution >= 0.6 is 23.2 Å². The molecule has 136 valence electrons. The van der Waals surface area contributed by atoms with Crippen LogP contribution in [0.5, 0.6) is 0 Å². The topological polar surface area (TPSA) is 42.2 Å². The van der Waals surface area contributed by atoms with Gasteiger partial charge in [-0.15, -0.1) is 5.10 Å². The van der Waals surface area contributed by atoms with Crippen LogP contribution < -0.4 is 5.32 Å². The van der Waals surface area contributed by atoms with Gasteiger partial charge >= 0.3 is 0 Å². The molecule has 0 saturated heterocycles. The van der Waals surface area contributed by atoms with E-state index < -0.39 is 0 Å². The number of nitrogens with zero attached hydrogens (tertiary/aromatic N) is 3. The molecule has 0 amide bonds. The number of benzene rings is 1. The zero-order valence-corrected chi connectivity index (χ0v) is 15.7. The van der Waals surface area contributed by atoms with E-state index in [0.29, 0.717) is 23.1 Å². The van der Waals surface area contributed by atoms with Crippen molar-refractivity contribution in [2.75, 3.05) is 5.32 Å². The Labute approximate surface area is 161 Å². The summed E-state index contributed by atoms with van der Waals surface area (Å²) in [5.41, 5.74) is 2.35. The molecule has 4 rings (SSSR count). The van der Waals surface area contributed by atoms with Crippen molar-refractivity contribution < 1.29 is 4.39 Å². The Bertz CT molecular complexity index is 937. The van der Waals surface area contributed by atoms with E-state index in [-0.39, 0.29) is 11.1 Å². The molecule has 1 fully saturated rings. The summed E-state index contributed by atoms with van der Waals surface area (Å²) >= 11 is 12.6. The molecule has 0 spiro atoms. The Kier molecular flexibility index (Phi) is 5.00. The SMILES string of the molecule is Fc1ccccc1CNc1nc(Cl)nn2c(Cl)c(CCCC3CC3)cc12. The Hall–Kier alpha value is -1.85. The van der Waals surface area contributed by atoms with Crippen LogP contribution in [0.25, 0.3) is 5.52 Å². The molecule has 1 N–H and O–H groups in total. The zero-order chi connectivity index (χ0) is 18.1. The zero-order valence-electron chi connectivity index (χ0n) is 14.2. The van der Waals surface area contributed by atoms with Crippen molar-refractivity contribution in [3.05, 3.63) is 57.7 Å². The molecule has 4 nitrogen and oxygen atoms in total. The molecule has 1 aliphatic carbocycles. The van der Waals surface area contributed by atoms with Gasteiger partial charge in [-0.1, -0.05) is 49.1 Å². The highest BCUT2D eigenvalue weighted by molar-refractivity contribution is 6.31. The third-order valence-corrected chi connectivity index (χ3v) is 5.34. The fourth-order valence-electron chi connectivity index (χ4n) is 3.16. The number of fused-ring (bicyclic) bond motifs is 1. The quantitative estimate of drug-likeness (QED) is 0.575. The van der Waals surface area contributed by atoms with Crippen molar-refractivity contribution in [3.8, 4) is 0 Å². The summed E-state index contributed by atoms with van der Waals surface area (Å²) in [5.74, 6) is 1.19. The van der Waals surface area contributed by atoms with E-state index in [4.69, 9.17) is 23.2 Å². The highest BCUT2D eigenvalue weighted by Gasteiger charge is 2.21. The molecule has 26 heavy (non-hydrogen) atoms. The lowest BCUT2D eigenvalue weighted by molar-refractivity contribution is 0.613. The van der Waals surface area contributed by atoms with E-state index in [9.17, 15) is 4.39 Å². The number of aryl methyl sites for hydroxylation is 1. The van der Waals surface area contributed by atoms with Crippen molar-refractivity contribution >= 4 is 34.5 Å². The van der Waals surface area contributed by atoms with Gasteiger partial charge in [0.1, 0.15) is 16.5 Å². The number of aromatic nitrogens is 3. The minimum Gasteiger partial charge on any atom is -0.364 e. The van der Waals surface area contributed by atoms with Gasteiger partial charge < -0.3 is 5.32 Å². The molecule has 0 aliphatic heterocycles. The smallest absolute Gasteiger partial charge is 0.243 e. The molecule has 0 atom stereocenters. The Morgan fingerprint density at radius 1 is 1.19 bits per heavy atom. The second-order valence-corrected chi connectivity index (χ2v) is 7.46. The number of halogens is 3. The molecular weight excluding hydrogens is 374 g/mol. The number of rotatable bonds is 7. The maximum Gasteiger partial charge on any atom is 0.243 e. The van der Waals surface area contributed by atoms with Crippen molar-refractivity contribution in [2.24, 2.45) is 5.92 Å². The van der Waals surface area contributed by atoms with Gasteiger partial charge in [0.05, 0.1) is 0 Å². The third-order valence-electron chi connectivity index (χ3n) is 4.78. The van der Waals surface area contributed by atoms with E-state index in [1.54, 1.807) is 22.7 Å². The molecule has 1 aromatic carbocycles. The highest BCUT2D eigenvalue weighted by atomic mass is 35.5. The summed E-state index contributed by atoms with van der Waals surface area (Å²) in [6, 6.07) is 8.63. The van der Waals surface area contributed by atoms with Crippen molar-refractivity contribution in [1.82, 2.24) is 14.6 Å². The summed E-state index contributed by atoms with van der Waals surface area (Å²) in [4.78, 5) is 4.26. The monoisotopic (exact) mass is 392 g/mol. The van der Waals surface area contributed by atoms with Crippen LogP contribution in [0.2, 0.25) is 10.4 Å². The lowest BCUT2D eigenvalue weighted by Crippen LogP contribution is -2.06. The number of nitrogens with one attached hydrogen (secondary N) is 1.